The molecule has 0 aliphatic rings. The molecule has 1 unspecified atom stereocenters. The summed E-state index contributed by atoms with van der Waals surface area (Å²) in [5, 5.41) is 19.6. The van der Waals surface area contributed by atoms with Crippen molar-refractivity contribution < 1.29 is 9.90 Å². The van der Waals surface area contributed by atoms with Gasteiger partial charge in [0.1, 0.15) is 0 Å². The first-order valence-corrected chi connectivity index (χ1v) is 11.8. The molecule has 0 aliphatic heterocycles. The molecule has 0 aliphatic carbocycles. The van der Waals surface area contributed by atoms with Gasteiger partial charge in [-0.1, -0.05) is 54.6 Å². The van der Waals surface area contributed by atoms with Gasteiger partial charge >= 0.3 is 6.09 Å². The topological polar surface area (TPSA) is 86.3 Å². The highest BCUT2D eigenvalue weighted by molar-refractivity contribution is 5.66. The first-order chi connectivity index (χ1) is 16.6. The van der Waals surface area contributed by atoms with Crippen molar-refractivity contribution in [2.45, 2.75) is 45.6 Å². The Hall–Kier alpha value is -3.85. The number of pyridine rings is 1. The van der Waals surface area contributed by atoms with Crippen LogP contribution in [0.15, 0.2) is 77.7 Å². The number of benzene rings is 2. The zero-order chi connectivity index (χ0) is 25.6. The van der Waals surface area contributed by atoms with Crippen LogP contribution >= 0.6 is 0 Å². The van der Waals surface area contributed by atoms with Crippen LogP contribution in [0.5, 0.6) is 0 Å². The molecule has 182 valence electrons. The van der Waals surface area contributed by atoms with Gasteiger partial charge in [0, 0.05) is 25.9 Å². The Kier molecular flexibility index (Phi) is 8.14. The third-order valence-electron chi connectivity index (χ3n) is 6.57. The van der Waals surface area contributed by atoms with E-state index >= 15 is 0 Å². The van der Waals surface area contributed by atoms with Crippen LogP contribution in [0.3, 0.4) is 0 Å². The molecular weight excluding hydrogens is 438 g/mol. The van der Waals surface area contributed by atoms with Crippen LogP contribution in [0.25, 0.3) is 11.1 Å². The third-order valence-corrected chi connectivity index (χ3v) is 6.57. The first-order valence-electron chi connectivity index (χ1n) is 11.8. The lowest BCUT2D eigenvalue weighted by atomic mass is 9.79. The average molecular weight is 472 g/mol. The lowest BCUT2D eigenvalue weighted by Gasteiger charge is -2.30. The summed E-state index contributed by atoms with van der Waals surface area (Å²) >= 11 is 0. The van der Waals surface area contributed by atoms with Gasteiger partial charge in [-0.25, -0.2) is 4.79 Å². The lowest BCUT2D eigenvalue weighted by Crippen LogP contribution is -2.34. The normalized spacial score (nSPS) is 13.0. The maximum atomic E-state index is 12.2. The predicted octanol–water partition coefficient (Wildman–Crippen LogP) is 6.21. The second-order valence-corrected chi connectivity index (χ2v) is 9.74. The molecule has 1 amide bonds. The zero-order valence-electron chi connectivity index (χ0n) is 20.8. The maximum absolute atomic E-state index is 12.2. The summed E-state index contributed by atoms with van der Waals surface area (Å²) in [6.07, 6.45) is 2.11. The molecule has 1 N–H and O–H groups in total. The number of hydrogen-bond donors (Lipinski definition) is 1. The fourth-order valence-electron chi connectivity index (χ4n) is 4.42. The Morgan fingerprint density at radius 1 is 1.03 bits per heavy atom. The Morgan fingerprint density at radius 3 is 2.23 bits per heavy atom. The van der Waals surface area contributed by atoms with E-state index in [0.717, 1.165) is 22.3 Å². The summed E-state index contributed by atoms with van der Waals surface area (Å²) in [5.74, 6) is 0.0759. The predicted molar refractivity (Wildman–Crippen MR) is 138 cm³/mol. The van der Waals surface area contributed by atoms with Gasteiger partial charge in [-0.05, 0) is 67.9 Å². The average Bonchev–Trinajstić information content (AvgIpc) is 2.85. The number of nitrogens with zero attached hydrogens (tertiary/aromatic N) is 3. The van der Waals surface area contributed by atoms with Crippen molar-refractivity contribution in [2.75, 3.05) is 6.54 Å². The fourth-order valence-corrected chi connectivity index (χ4v) is 4.42. The molecule has 35 heavy (non-hydrogen) atoms. The highest BCUT2D eigenvalue weighted by Gasteiger charge is 2.27. The molecule has 0 saturated carbocycles. The molecule has 0 bridgehead atoms. The van der Waals surface area contributed by atoms with E-state index < -0.39 is 11.5 Å². The van der Waals surface area contributed by atoms with Crippen molar-refractivity contribution in [3.63, 3.8) is 0 Å². The van der Waals surface area contributed by atoms with E-state index in [9.17, 15) is 20.0 Å². The van der Waals surface area contributed by atoms with Crippen molar-refractivity contribution in [3.05, 3.63) is 94.4 Å². The number of carboxylic acid groups (broad SMARTS) is 1. The smallest absolute Gasteiger partial charge is 0.407 e. The van der Waals surface area contributed by atoms with Crippen molar-refractivity contribution in [1.29, 1.82) is 5.26 Å². The Bertz CT molecular complexity index is 1240. The molecule has 3 aromatic rings. The van der Waals surface area contributed by atoms with E-state index in [1.54, 1.807) is 19.3 Å². The standard InChI is InChI=1S/C29H33N3O3/c1-21(22-10-12-24(13-11-22)26-14-15-27(33)31(4)19-26)32(28(34)35)17-16-25(18-29(2,3)20-30)23-8-6-5-7-9-23/h5-15,19,21,25H,16-18H2,1-4H3,(H,34,35)/t21-,25?/m0/s1. The van der Waals surface area contributed by atoms with Gasteiger partial charge in [-0.3, -0.25) is 4.79 Å². The molecule has 3 rings (SSSR count). The van der Waals surface area contributed by atoms with Gasteiger partial charge in [0.15, 0.2) is 0 Å². The van der Waals surface area contributed by atoms with Gasteiger partial charge in [0.25, 0.3) is 0 Å². The largest absolute Gasteiger partial charge is 0.465 e. The minimum absolute atomic E-state index is 0.0666. The summed E-state index contributed by atoms with van der Waals surface area (Å²) in [6.45, 7) is 6.10. The van der Waals surface area contributed by atoms with Crippen molar-refractivity contribution >= 4 is 6.09 Å². The quantitative estimate of drug-likeness (QED) is 0.402. The molecular formula is C29H33N3O3. The third kappa shape index (κ3) is 6.60. The SMILES string of the molecule is C[C@@H](c1ccc(-c2ccc(=O)n(C)c2)cc1)N(CCC(CC(C)(C)C#N)c1ccccc1)C(=O)O. The van der Waals surface area contributed by atoms with Gasteiger partial charge in [0.05, 0.1) is 17.5 Å². The van der Waals surface area contributed by atoms with Crippen LogP contribution in [0.1, 0.15) is 56.7 Å². The van der Waals surface area contributed by atoms with Crippen LogP contribution in [-0.2, 0) is 7.05 Å². The number of aryl methyl sites for hydroxylation is 1. The van der Waals surface area contributed by atoms with Crippen LogP contribution in [0.2, 0.25) is 0 Å². The minimum atomic E-state index is -0.967. The summed E-state index contributed by atoms with van der Waals surface area (Å²) in [7, 11) is 1.72. The number of carbonyl (C=O) groups is 1. The van der Waals surface area contributed by atoms with Gasteiger partial charge in [-0.2, -0.15) is 5.26 Å². The molecule has 1 heterocycles. The van der Waals surface area contributed by atoms with E-state index in [1.807, 2.05) is 75.4 Å². The van der Waals surface area contributed by atoms with Crippen molar-refractivity contribution in [1.82, 2.24) is 9.47 Å². The van der Waals surface area contributed by atoms with Crippen LogP contribution in [0, 0.1) is 16.7 Å². The van der Waals surface area contributed by atoms with Gasteiger partial charge < -0.3 is 14.6 Å². The van der Waals surface area contributed by atoms with E-state index in [2.05, 4.69) is 6.07 Å². The van der Waals surface area contributed by atoms with E-state index in [0.29, 0.717) is 19.4 Å². The number of rotatable bonds is 9. The molecule has 0 saturated heterocycles. The second-order valence-electron chi connectivity index (χ2n) is 9.74. The van der Waals surface area contributed by atoms with E-state index in [4.69, 9.17) is 0 Å². The molecule has 2 aromatic carbocycles. The van der Waals surface area contributed by atoms with E-state index in [-0.39, 0.29) is 17.5 Å². The van der Waals surface area contributed by atoms with Crippen molar-refractivity contribution in [3.8, 4) is 17.2 Å². The van der Waals surface area contributed by atoms with Gasteiger partial charge in [0.2, 0.25) is 5.56 Å². The Balaban J connectivity index is 1.78. The first kappa shape index (κ1) is 25.8. The summed E-state index contributed by atoms with van der Waals surface area (Å²) in [5.41, 5.74) is 3.33. The summed E-state index contributed by atoms with van der Waals surface area (Å²) in [4.78, 5) is 25.3. The molecule has 0 radical (unpaired) electrons. The minimum Gasteiger partial charge on any atom is -0.465 e. The fraction of sp³-hybridized carbons (Fsp3) is 0.345. The number of hydrogen-bond acceptors (Lipinski definition) is 3. The number of aromatic nitrogens is 1. The van der Waals surface area contributed by atoms with Crippen molar-refractivity contribution in [2.24, 2.45) is 12.5 Å². The van der Waals surface area contributed by atoms with Crippen LogP contribution in [0.4, 0.5) is 4.79 Å². The maximum Gasteiger partial charge on any atom is 0.407 e. The van der Waals surface area contributed by atoms with Crippen LogP contribution in [-0.4, -0.2) is 27.2 Å². The number of amides is 1. The molecule has 2 atom stereocenters. The summed E-state index contributed by atoms with van der Waals surface area (Å²) in [6, 6.07) is 23.2. The zero-order valence-corrected chi connectivity index (χ0v) is 20.8. The van der Waals surface area contributed by atoms with Gasteiger partial charge in [-0.15, -0.1) is 0 Å². The van der Waals surface area contributed by atoms with Crippen LogP contribution < -0.4 is 5.56 Å². The Morgan fingerprint density at radius 2 is 1.66 bits per heavy atom. The monoisotopic (exact) mass is 471 g/mol. The molecule has 0 fully saturated rings. The molecule has 1 aromatic heterocycles. The number of nitriles is 1. The molecule has 6 heteroatoms. The highest BCUT2D eigenvalue weighted by atomic mass is 16.4. The second kappa shape index (κ2) is 11.1. The molecule has 6 nitrogen and oxygen atoms in total. The highest BCUT2D eigenvalue weighted by Crippen LogP contribution is 2.34. The Labute approximate surface area is 207 Å². The summed E-state index contributed by atoms with van der Waals surface area (Å²) < 4.78 is 1.54. The lowest BCUT2D eigenvalue weighted by molar-refractivity contribution is 0.125. The molecule has 0 spiro atoms. The van der Waals surface area contributed by atoms with E-state index in [1.165, 1.54) is 15.5 Å².